The number of carbonyl (C=O) groups excluding carboxylic acids is 1. The molecule has 25 heavy (non-hydrogen) atoms. The van der Waals surface area contributed by atoms with Crippen LogP contribution in [0, 0.1) is 5.92 Å². The van der Waals surface area contributed by atoms with Gasteiger partial charge in [0.2, 0.25) is 0 Å². The lowest BCUT2D eigenvalue weighted by molar-refractivity contribution is 0.0658. The van der Waals surface area contributed by atoms with Crippen molar-refractivity contribution in [2.24, 2.45) is 5.92 Å². The summed E-state index contributed by atoms with van der Waals surface area (Å²) in [5.41, 5.74) is 0. The van der Waals surface area contributed by atoms with E-state index in [9.17, 15) is 13.2 Å². The van der Waals surface area contributed by atoms with E-state index in [2.05, 4.69) is 0 Å². The minimum atomic E-state index is -3.49. The zero-order valence-corrected chi connectivity index (χ0v) is 15.3. The Kier molecular flexibility index (Phi) is 5.78. The molecular weight excluding hydrogens is 346 g/mol. The first kappa shape index (κ1) is 18.4. The zero-order chi connectivity index (χ0) is 17.9. The van der Waals surface area contributed by atoms with Crippen molar-refractivity contribution < 1.29 is 22.4 Å². The van der Waals surface area contributed by atoms with Gasteiger partial charge in [0.25, 0.3) is 16.1 Å². The van der Waals surface area contributed by atoms with E-state index >= 15 is 0 Å². The van der Waals surface area contributed by atoms with Crippen LogP contribution in [-0.4, -0.2) is 80.8 Å². The first-order valence-electron chi connectivity index (χ1n) is 8.59. The van der Waals surface area contributed by atoms with Crippen LogP contribution in [0.1, 0.15) is 23.4 Å². The SMILES string of the molecule is COCC1CCCN(S(=O)(=O)N2CCN(C(=O)c3ccco3)CC2)C1. The highest BCUT2D eigenvalue weighted by molar-refractivity contribution is 7.86. The standard InChI is InChI=1S/C16H25N3O5S/c1-23-13-14-4-2-6-19(12-14)25(21,22)18-9-7-17(8-10-18)16(20)15-5-3-11-24-15/h3,5,11,14H,2,4,6-10,12-13H2,1H3. The van der Waals surface area contributed by atoms with Crippen molar-refractivity contribution in [2.75, 3.05) is 53.0 Å². The number of hydrogen-bond acceptors (Lipinski definition) is 5. The molecule has 8 nitrogen and oxygen atoms in total. The number of amides is 1. The summed E-state index contributed by atoms with van der Waals surface area (Å²) in [4.78, 5) is 13.9. The van der Waals surface area contributed by atoms with Crippen molar-refractivity contribution in [3.8, 4) is 0 Å². The van der Waals surface area contributed by atoms with Crippen LogP contribution in [0.4, 0.5) is 0 Å². The molecule has 3 heterocycles. The smallest absolute Gasteiger partial charge is 0.289 e. The highest BCUT2D eigenvalue weighted by Crippen LogP contribution is 2.22. The van der Waals surface area contributed by atoms with Crippen molar-refractivity contribution in [1.29, 1.82) is 0 Å². The molecule has 0 saturated carbocycles. The van der Waals surface area contributed by atoms with Crippen LogP contribution in [0.5, 0.6) is 0 Å². The Morgan fingerprint density at radius 1 is 1.24 bits per heavy atom. The number of piperazine rings is 1. The number of ether oxygens (including phenoxy) is 1. The molecule has 1 unspecified atom stereocenters. The summed E-state index contributed by atoms with van der Waals surface area (Å²) in [6.45, 7) is 2.98. The first-order chi connectivity index (χ1) is 12.0. The normalized spacial score (nSPS) is 23.7. The second-order valence-corrected chi connectivity index (χ2v) is 8.43. The van der Waals surface area contributed by atoms with Gasteiger partial charge in [-0.2, -0.15) is 17.0 Å². The molecule has 2 aliphatic heterocycles. The van der Waals surface area contributed by atoms with Crippen molar-refractivity contribution in [3.05, 3.63) is 24.2 Å². The fourth-order valence-corrected chi connectivity index (χ4v) is 5.16. The Morgan fingerprint density at radius 2 is 2.00 bits per heavy atom. The van der Waals surface area contributed by atoms with E-state index < -0.39 is 10.2 Å². The van der Waals surface area contributed by atoms with Crippen LogP contribution in [0.15, 0.2) is 22.8 Å². The van der Waals surface area contributed by atoms with E-state index in [0.29, 0.717) is 45.9 Å². The number of hydrogen-bond donors (Lipinski definition) is 0. The Balaban J connectivity index is 1.58. The number of nitrogens with zero attached hydrogens (tertiary/aromatic N) is 3. The maximum absolute atomic E-state index is 12.9. The number of methoxy groups -OCH3 is 1. The molecule has 1 aromatic heterocycles. The molecule has 0 N–H and O–H groups in total. The predicted molar refractivity (Wildman–Crippen MR) is 91.3 cm³/mol. The van der Waals surface area contributed by atoms with E-state index in [0.717, 1.165) is 12.8 Å². The van der Waals surface area contributed by atoms with Crippen molar-refractivity contribution in [1.82, 2.24) is 13.5 Å². The molecule has 0 aliphatic carbocycles. The molecule has 9 heteroatoms. The average molecular weight is 371 g/mol. The first-order valence-corrected chi connectivity index (χ1v) is 9.99. The van der Waals surface area contributed by atoms with Gasteiger partial charge in [-0.05, 0) is 30.9 Å². The molecule has 140 valence electrons. The topological polar surface area (TPSA) is 83.3 Å². The third-order valence-corrected chi connectivity index (χ3v) is 6.80. The van der Waals surface area contributed by atoms with Gasteiger partial charge in [0.1, 0.15) is 0 Å². The average Bonchev–Trinajstić information content (AvgIpc) is 3.16. The van der Waals surface area contributed by atoms with Gasteiger partial charge in [0.15, 0.2) is 5.76 Å². The van der Waals surface area contributed by atoms with Crippen LogP contribution in [0.25, 0.3) is 0 Å². The number of piperidine rings is 1. The fourth-order valence-electron chi connectivity index (χ4n) is 3.45. The van der Waals surface area contributed by atoms with Gasteiger partial charge in [-0.25, -0.2) is 0 Å². The summed E-state index contributed by atoms with van der Waals surface area (Å²) >= 11 is 0. The number of rotatable bonds is 5. The molecule has 0 aromatic carbocycles. The van der Waals surface area contributed by atoms with Crippen LogP contribution in [0.3, 0.4) is 0 Å². The van der Waals surface area contributed by atoms with E-state index in [4.69, 9.17) is 9.15 Å². The highest BCUT2D eigenvalue weighted by atomic mass is 32.2. The van der Waals surface area contributed by atoms with Gasteiger partial charge < -0.3 is 14.1 Å². The van der Waals surface area contributed by atoms with Gasteiger partial charge in [0, 0.05) is 46.4 Å². The molecule has 0 bridgehead atoms. The second-order valence-electron chi connectivity index (χ2n) is 6.50. The van der Waals surface area contributed by atoms with Crippen molar-refractivity contribution >= 4 is 16.1 Å². The lowest BCUT2D eigenvalue weighted by Crippen LogP contribution is -2.55. The van der Waals surface area contributed by atoms with Crippen LogP contribution in [-0.2, 0) is 14.9 Å². The second kappa shape index (κ2) is 7.86. The van der Waals surface area contributed by atoms with E-state index in [-0.39, 0.29) is 17.6 Å². The monoisotopic (exact) mass is 371 g/mol. The Labute approximate surface area is 148 Å². The van der Waals surface area contributed by atoms with E-state index in [1.807, 2.05) is 0 Å². The van der Waals surface area contributed by atoms with Crippen LogP contribution < -0.4 is 0 Å². The molecule has 2 fully saturated rings. The molecular formula is C16H25N3O5S. The van der Waals surface area contributed by atoms with E-state index in [1.54, 1.807) is 28.4 Å². The molecule has 2 saturated heterocycles. The number of carbonyl (C=O) groups is 1. The maximum Gasteiger partial charge on any atom is 0.289 e. The molecule has 3 rings (SSSR count). The number of furan rings is 1. The van der Waals surface area contributed by atoms with Gasteiger partial charge in [-0.1, -0.05) is 0 Å². The summed E-state index contributed by atoms with van der Waals surface area (Å²) in [5, 5.41) is 0. The summed E-state index contributed by atoms with van der Waals surface area (Å²) < 4.78 is 39.1. The summed E-state index contributed by atoms with van der Waals surface area (Å²) in [5.74, 6) is 0.338. The lowest BCUT2D eigenvalue weighted by atomic mass is 10.0. The van der Waals surface area contributed by atoms with Crippen molar-refractivity contribution in [3.63, 3.8) is 0 Å². The Bertz CT molecular complexity index is 666. The molecule has 2 aliphatic rings. The largest absolute Gasteiger partial charge is 0.459 e. The molecule has 1 atom stereocenters. The fraction of sp³-hybridized carbons (Fsp3) is 0.688. The quantitative estimate of drug-likeness (QED) is 0.759. The predicted octanol–water partition coefficient (Wildman–Crippen LogP) is 0.641. The van der Waals surface area contributed by atoms with Crippen molar-refractivity contribution in [2.45, 2.75) is 12.8 Å². The van der Waals surface area contributed by atoms with Gasteiger partial charge in [0.05, 0.1) is 12.9 Å². The third kappa shape index (κ3) is 4.05. The minimum absolute atomic E-state index is 0.194. The summed E-state index contributed by atoms with van der Waals surface area (Å²) in [6.07, 6.45) is 3.30. The molecule has 1 aromatic rings. The van der Waals surface area contributed by atoms with E-state index in [1.165, 1.54) is 10.6 Å². The van der Waals surface area contributed by atoms with Gasteiger partial charge in [-0.15, -0.1) is 0 Å². The van der Waals surface area contributed by atoms with Crippen LogP contribution in [0.2, 0.25) is 0 Å². The Hall–Kier alpha value is -1.42. The van der Waals surface area contributed by atoms with Gasteiger partial charge >= 0.3 is 0 Å². The molecule has 0 spiro atoms. The highest BCUT2D eigenvalue weighted by Gasteiger charge is 2.36. The summed E-state index contributed by atoms with van der Waals surface area (Å²) in [7, 11) is -1.85. The van der Waals surface area contributed by atoms with Crippen LogP contribution >= 0.6 is 0 Å². The third-order valence-electron chi connectivity index (χ3n) is 4.79. The zero-order valence-electron chi connectivity index (χ0n) is 14.5. The minimum Gasteiger partial charge on any atom is -0.459 e. The molecule has 1 amide bonds. The lowest BCUT2D eigenvalue weighted by Gasteiger charge is -2.39. The Morgan fingerprint density at radius 3 is 2.64 bits per heavy atom. The molecule has 0 radical (unpaired) electrons. The summed E-state index contributed by atoms with van der Waals surface area (Å²) in [6, 6.07) is 3.29. The maximum atomic E-state index is 12.9. The van der Waals surface area contributed by atoms with Gasteiger partial charge in [-0.3, -0.25) is 4.79 Å².